The van der Waals surface area contributed by atoms with E-state index in [4.69, 9.17) is 0 Å². The Hall–Kier alpha value is -1.17. The van der Waals surface area contributed by atoms with Crippen molar-refractivity contribution >= 4 is 21.5 Å². The second-order valence-corrected chi connectivity index (χ2v) is 2.52. The lowest BCUT2D eigenvalue weighted by Crippen LogP contribution is -1.83. The Kier molecular flexibility index (Phi) is 1.81. The van der Waals surface area contributed by atoms with Crippen molar-refractivity contribution in [2.75, 3.05) is 12.4 Å². The first-order valence-electron chi connectivity index (χ1n) is 2.52. The van der Waals surface area contributed by atoms with Crippen LogP contribution in [0.25, 0.3) is 0 Å². The zero-order valence-corrected chi connectivity index (χ0v) is 6.01. The molecule has 0 amide bonds. The van der Waals surface area contributed by atoms with E-state index >= 15 is 0 Å². The summed E-state index contributed by atoms with van der Waals surface area (Å²) in [7, 11) is 1.67. The monoisotopic (exact) mass is 159 g/mol. The fourth-order valence-corrected chi connectivity index (χ4v) is 1.05. The third-order valence-corrected chi connectivity index (χ3v) is 1.85. The maximum atomic E-state index is 10.1. The van der Waals surface area contributed by atoms with Crippen LogP contribution < -0.4 is 5.32 Å². The summed E-state index contributed by atoms with van der Waals surface area (Å²) in [4.78, 5) is 13.3. The molecule has 1 aromatic heterocycles. The minimum Gasteiger partial charge on any atom is -0.364 e. The normalized spacial score (nSPS) is 9.30. The van der Waals surface area contributed by atoms with Gasteiger partial charge in [-0.15, -0.1) is 0 Å². The van der Waals surface area contributed by atoms with Gasteiger partial charge < -0.3 is 5.32 Å². The molecule has 0 aliphatic carbocycles. The van der Waals surface area contributed by atoms with Crippen LogP contribution in [0.5, 0.6) is 0 Å². The van der Waals surface area contributed by atoms with Crippen LogP contribution in [0.15, 0.2) is 6.20 Å². The van der Waals surface area contributed by atoms with E-state index in [9.17, 15) is 10.1 Å². The highest BCUT2D eigenvalue weighted by Crippen LogP contribution is 2.23. The molecular formula is C4H5N3O2S. The third kappa shape index (κ3) is 1.21. The molecule has 10 heavy (non-hydrogen) atoms. The summed E-state index contributed by atoms with van der Waals surface area (Å²) in [5.74, 6) is 0. The van der Waals surface area contributed by atoms with Crippen LogP contribution in [0.3, 0.4) is 0 Å². The van der Waals surface area contributed by atoms with Crippen molar-refractivity contribution in [1.82, 2.24) is 4.98 Å². The van der Waals surface area contributed by atoms with Crippen LogP contribution in [-0.4, -0.2) is 17.0 Å². The van der Waals surface area contributed by atoms with E-state index in [1.807, 2.05) is 0 Å². The van der Waals surface area contributed by atoms with Gasteiger partial charge in [0.15, 0.2) is 5.13 Å². The first-order valence-corrected chi connectivity index (χ1v) is 3.33. The standard InChI is InChI=1S/C4H5N3O2S/c1-5-4-6-2-3(10-4)7(8)9/h2H,1H3,(H,5,6). The Labute approximate surface area is 60.9 Å². The molecule has 0 aliphatic heterocycles. The van der Waals surface area contributed by atoms with Crippen LogP contribution in [0, 0.1) is 10.1 Å². The molecular weight excluding hydrogens is 154 g/mol. The SMILES string of the molecule is CNc1ncc([N+](=O)[O-])s1. The molecule has 1 heterocycles. The molecule has 0 bridgehead atoms. The van der Waals surface area contributed by atoms with Crippen molar-refractivity contribution in [2.45, 2.75) is 0 Å². The number of aromatic nitrogens is 1. The van der Waals surface area contributed by atoms with Gasteiger partial charge in [0.1, 0.15) is 6.20 Å². The van der Waals surface area contributed by atoms with Crippen molar-refractivity contribution < 1.29 is 4.92 Å². The van der Waals surface area contributed by atoms with Gasteiger partial charge in [-0.05, 0) is 11.3 Å². The van der Waals surface area contributed by atoms with Crippen LogP contribution in [0.2, 0.25) is 0 Å². The third-order valence-electron chi connectivity index (χ3n) is 0.887. The maximum Gasteiger partial charge on any atom is 0.345 e. The number of nitrogens with one attached hydrogen (secondary N) is 1. The van der Waals surface area contributed by atoms with E-state index in [1.54, 1.807) is 7.05 Å². The molecule has 5 nitrogen and oxygen atoms in total. The lowest BCUT2D eigenvalue weighted by atomic mass is 10.9. The minimum absolute atomic E-state index is 0.0596. The molecule has 0 saturated carbocycles. The fourth-order valence-electron chi connectivity index (χ4n) is 0.466. The summed E-state index contributed by atoms with van der Waals surface area (Å²) in [6.07, 6.45) is 1.23. The summed E-state index contributed by atoms with van der Waals surface area (Å²) in [6, 6.07) is 0. The zero-order chi connectivity index (χ0) is 7.56. The zero-order valence-electron chi connectivity index (χ0n) is 5.20. The van der Waals surface area contributed by atoms with E-state index in [-0.39, 0.29) is 5.00 Å². The van der Waals surface area contributed by atoms with E-state index in [2.05, 4.69) is 10.3 Å². The predicted molar refractivity (Wildman–Crippen MR) is 38.3 cm³/mol. The van der Waals surface area contributed by atoms with Crippen molar-refractivity contribution in [1.29, 1.82) is 0 Å². The number of hydrogen-bond acceptors (Lipinski definition) is 5. The molecule has 0 saturated heterocycles. The lowest BCUT2D eigenvalue weighted by molar-refractivity contribution is -0.380. The molecule has 0 fully saturated rings. The average Bonchev–Trinajstić information content (AvgIpc) is 2.34. The number of thiazole rings is 1. The van der Waals surface area contributed by atoms with E-state index in [1.165, 1.54) is 6.20 Å². The summed E-state index contributed by atoms with van der Waals surface area (Å²) in [5, 5.41) is 13.4. The van der Waals surface area contributed by atoms with Gasteiger partial charge in [0.2, 0.25) is 0 Å². The molecule has 1 N–H and O–H groups in total. The second-order valence-electron chi connectivity index (χ2n) is 1.51. The Morgan fingerprint density at radius 3 is 2.90 bits per heavy atom. The maximum absolute atomic E-state index is 10.1. The first kappa shape index (κ1) is 6.94. The van der Waals surface area contributed by atoms with Gasteiger partial charge in [0.05, 0.1) is 4.92 Å². The number of hydrogen-bond donors (Lipinski definition) is 1. The molecule has 0 aliphatic rings. The minimum atomic E-state index is -0.460. The van der Waals surface area contributed by atoms with Gasteiger partial charge in [-0.1, -0.05) is 0 Å². The van der Waals surface area contributed by atoms with Gasteiger partial charge in [-0.3, -0.25) is 10.1 Å². The molecule has 0 spiro atoms. The Morgan fingerprint density at radius 1 is 1.90 bits per heavy atom. The Bertz CT molecular complexity index is 246. The van der Waals surface area contributed by atoms with E-state index in [0.717, 1.165) is 11.3 Å². The Balaban J connectivity index is 2.88. The highest BCUT2D eigenvalue weighted by molar-refractivity contribution is 7.18. The number of rotatable bonds is 2. The van der Waals surface area contributed by atoms with Crippen molar-refractivity contribution in [3.63, 3.8) is 0 Å². The molecule has 6 heteroatoms. The topological polar surface area (TPSA) is 68.1 Å². The van der Waals surface area contributed by atoms with Gasteiger partial charge >= 0.3 is 5.00 Å². The quantitative estimate of drug-likeness (QED) is 0.518. The van der Waals surface area contributed by atoms with Crippen LogP contribution >= 0.6 is 11.3 Å². The largest absolute Gasteiger partial charge is 0.364 e. The molecule has 0 unspecified atom stereocenters. The smallest absolute Gasteiger partial charge is 0.345 e. The summed E-state index contributed by atoms with van der Waals surface area (Å²) >= 11 is 1.02. The molecule has 0 aromatic carbocycles. The van der Waals surface area contributed by atoms with Crippen molar-refractivity contribution in [3.8, 4) is 0 Å². The summed E-state index contributed by atoms with van der Waals surface area (Å²) in [5.41, 5.74) is 0. The van der Waals surface area contributed by atoms with Gasteiger partial charge in [-0.25, -0.2) is 4.98 Å². The number of nitrogens with zero attached hydrogens (tertiary/aromatic N) is 2. The highest BCUT2D eigenvalue weighted by atomic mass is 32.1. The fraction of sp³-hybridized carbons (Fsp3) is 0.250. The molecule has 1 aromatic rings. The molecule has 0 atom stereocenters. The molecule has 1 rings (SSSR count). The highest BCUT2D eigenvalue weighted by Gasteiger charge is 2.09. The molecule has 0 radical (unpaired) electrons. The van der Waals surface area contributed by atoms with Crippen LogP contribution in [0.1, 0.15) is 0 Å². The number of anilines is 1. The van der Waals surface area contributed by atoms with Gasteiger partial charge in [-0.2, -0.15) is 0 Å². The first-order chi connectivity index (χ1) is 4.74. The van der Waals surface area contributed by atoms with Gasteiger partial charge in [0, 0.05) is 7.05 Å². The Morgan fingerprint density at radius 2 is 2.60 bits per heavy atom. The van der Waals surface area contributed by atoms with Crippen LogP contribution in [0.4, 0.5) is 10.1 Å². The van der Waals surface area contributed by atoms with E-state index in [0.29, 0.717) is 5.13 Å². The van der Waals surface area contributed by atoms with E-state index < -0.39 is 4.92 Å². The second kappa shape index (κ2) is 2.61. The van der Waals surface area contributed by atoms with Gasteiger partial charge in [0.25, 0.3) is 0 Å². The van der Waals surface area contributed by atoms with Crippen molar-refractivity contribution in [3.05, 3.63) is 16.3 Å². The van der Waals surface area contributed by atoms with Crippen LogP contribution in [-0.2, 0) is 0 Å². The average molecular weight is 159 g/mol. The number of nitro groups is 1. The lowest BCUT2D eigenvalue weighted by Gasteiger charge is -1.84. The predicted octanol–water partition coefficient (Wildman–Crippen LogP) is 1.09. The summed E-state index contributed by atoms with van der Waals surface area (Å²) < 4.78 is 0. The van der Waals surface area contributed by atoms with Crippen molar-refractivity contribution in [2.24, 2.45) is 0 Å². The summed E-state index contributed by atoms with van der Waals surface area (Å²) in [6.45, 7) is 0. The molecule has 54 valence electrons.